The molecule has 0 aliphatic carbocycles. The number of hydrogen-bond acceptors (Lipinski definition) is 4. The Kier molecular flexibility index (Phi) is 6.15. The van der Waals surface area contributed by atoms with Crippen LogP contribution in [0.5, 0.6) is 0 Å². The molecule has 0 unspecified atom stereocenters. The van der Waals surface area contributed by atoms with Crippen molar-refractivity contribution < 1.29 is 4.42 Å². The van der Waals surface area contributed by atoms with Crippen molar-refractivity contribution in [1.29, 1.82) is 0 Å². The summed E-state index contributed by atoms with van der Waals surface area (Å²) in [4.78, 5) is 15.6. The quantitative estimate of drug-likeness (QED) is 0.183. The molecular formula is C45H27N3O. The molecule has 0 atom stereocenters. The number of nitrogens with zero attached hydrogens (tertiary/aromatic N) is 3. The van der Waals surface area contributed by atoms with Gasteiger partial charge in [0.15, 0.2) is 17.5 Å². The topological polar surface area (TPSA) is 51.8 Å². The molecular weight excluding hydrogens is 599 g/mol. The van der Waals surface area contributed by atoms with Crippen LogP contribution in [-0.2, 0) is 0 Å². The Hall–Kier alpha value is -6.65. The van der Waals surface area contributed by atoms with Crippen LogP contribution >= 0.6 is 0 Å². The van der Waals surface area contributed by atoms with E-state index in [1.54, 1.807) is 0 Å². The molecule has 0 saturated heterocycles. The summed E-state index contributed by atoms with van der Waals surface area (Å²) in [7, 11) is 0. The molecule has 0 radical (unpaired) electrons. The highest BCUT2D eigenvalue weighted by Gasteiger charge is 2.22. The molecule has 4 nitrogen and oxygen atoms in total. The van der Waals surface area contributed by atoms with Crippen LogP contribution in [0.2, 0.25) is 0 Å². The normalized spacial score (nSPS) is 11.7. The first-order valence-electron chi connectivity index (χ1n) is 16.4. The zero-order chi connectivity index (χ0) is 32.3. The van der Waals surface area contributed by atoms with Gasteiger partial charge in [-0.05, 0) is 68.2 Å². The van der Waals surface area contributed by atoms with Gasteiger partial charge in [0.1, 0.15) is 11.2 Å². The third-order valence-electron chi connectivity index (χ3n) is 9.50. The summed E-state index contributed by atoms with van der Waals surface area (Å²) in [5.41, 5.74) is 6.43. The molecule has 0 saturated carbocycles. The molecule has 0 aliphatic rings. The molecule has 0 fully saturated rings. The standard InChI is InChI=1S/C45H27N3O/c1-2-13-29(14-3-1)43-46-44(48-45(47-43)39-27-31-16-6-7-17-33(31)34-18-8-9-19-35(34)39)38-25-24-37-36-20-10-11-21-40(36)49-42(37)41(38)32-23-22-28-12-4-5-15-30(28)26-32/h1-27H. The molecule has 0 bridgehead atoms. The number of para-hydroxylation sites is 1. The maximum Gasteiger partial charge on any atom is 0.164 e. The van der Waals surface area contributed by atoms with E-state index in [1.807, 2.05) is 42.5 Å². The summed E-state index contributed by atoms with van der Waals surface area (Å²) in [5.74, 6) is 1.83. The second kappa shape index (κ2) is 11.0. The monoisotopic (exact) mass is 625 g/mol. The lowest BCUT2D eigenvalue weighted by Crippen LogP contribution is -2.02. The van der Waals surface area contributed by atoms with Crippen molar-refractivity contribution in [3.05, 3.63) is 164 Å². The van der Waals surface area contributed by atoms with E-state index in [-0.39, 0.29) is 0 Å². The first kappa shape index (κ1) is 27.5. The maximum absolute atomic E-state index is 6.68. The van der Waals surface area contributed by atoms with E-state index in [9.17, 15) is 0 Å². The van der Waals surface area contributed by atoms with Gasteiger partial charge in [-0.15, -0.1) is 0 Å². The SMILES string of the molecule is c1ccc(-c2nc(-c3ccc4c(oc5ccccc54)c3-c3ccc4ccccc4c3)nc(-c3cc4ccccc4c4ccccc34)n2)cc1. The van der Waals surface area contributed by atoms with Crippen molar-refractivity contribution in [2.45, 2.75) is 0 Å². The summed E-state index contributed by atoms with van der Waals surface area (Å²) in [6.45, 7) is 0. The van der Waals surface area contributed by atoms with Gasteiger partial charge < -0.3 is 4.42 Å². The molecule has 4 heteroatoms. The number of rotatable bonds is 4. The first-order chi connectivity index (χ1) is 24.3. The van der Waals surface area contributed by atoms with Crippen LogP contribution in [-0.4, -0.2) is 15.0 Å². The fourth-order valence-electron chi connectivity index (χ4n) is 7.18. The minimum Gasteiger partial charge on any atom is -0.455 e. The van der Waals surface area contributed by atoms with E-state index in [0.717, 1.165) is 65.9 Å². The summed E-state index contributed by atoms with van der Waals surface area (Å²) in [6, 6.07) is 56.8. The third kappa shape index (κ3) is 4.49. The van der Waals surface area contributed by atoms with E-state index < -0.39 is 0 Å². The number of fused-ring (bicyclic) bond motifs is 7. The molecule has 0 spiro atoms. The number of hydrogen-bond donors (Lipinski definition) is 0. The predicted molar refractivity (Wildman–Crippen MR) is 201 cm³/mol. The van der Waals surface area contributed by atoms with E-state index >= 15 is 0 Å². The average molecular weight is 626 g/mol. The highest BCUT2D eigenvalue weighted by Crippen LogP contribution is 2.43. The molecule has 2 heterocycles. The Labute approximate surface area is 282 Å². The van der Waals surface area contributed by atoms with E-state index in [2.05, 4.69) is 121 Å². The van der Waals surface area contributed by atoms with Crippen LogP contribution in [0.25, 0.3) is 99.5 Å². The molecule has 8 aromatic carbocycles. The summed E-state index contributed by atoms with van der Waals surface area (Å²) >= 11 is 0. The minimum atomic E-state index is 0.589. The lowest BCUT2D eigenvalue weighted by molar-refractivity contribution is 0.670. The fraction of sp³-hybridized carbons (Fsp3) is 0. The van der Waals surface area contributed by atoms with Gasteiger partial charge in [-0.25, -0.2) is 15.0 Å². The highest BCUT2D eigenvalue weighted by molar-refractivity contribution is 6.14. The molecule has 0 amide bonds. The Balaban J connectivity index is 1.30. The van der Waals surface area contributed by atoms with Crippen molar-refractivity contribution >= 4 is 54.3 Å². The second-order valence-corrected chi connectivity index (χ2v) is 12.4. The summed E-state index contributed by atoms with van der Waals surface area (Å²) < 4.78 is 6.68. The maximum atomic E-state index is 6.68. The van der Waals surface area contributed by atoms with Crippen LogP contribution in [0.1, 0.15) is 0 Å². The van der Waals surface area contributed by atoms with Crippen LogP contribution in [0.3, 0.4) is 0 Å². The first-order valence-corrected chi connectivity index (χ1v) is 16.4. The van der Waals surface area contributed by atoms with Crippen LogP contribution < -0.4 is 0 Å². The number of aromatic nitrogens is 3. The molecule has 2 aromatic heterocycles. The van der Waals surface area contributed by atoms with Crippen molar-refractivity contribution in [2.24, 2.45) is 0 Å². The van der Waals surface area contributed by atoms with Gasteiger partial charge >= 0.3 is 0 Å². The number of furan rings is 1. The molecule has 10 aromatic rings. The fourth-order valence-corrected chi connectivity index (χ4v) is 7.18. The lowest BCUT2D eigenvalue weighted by Gasteiger charge is -2.14. The van der Waals surface area contributed by atoms with Gasteiger partial charge in [0, 0.05) is 33.0 Å². The van der Waals surface area contributed by atoms with Gasteiger partial charge in [0.05, 0.1) is 0 Å². The third-order valence-corrected chi connectivity index (χ3v) is 9.50. The Bertz CT molecular complexity index is 2890. The second-order valence-electron chi connectivity index (χ2n) is 12.4. The van der Waals surface area contributed by atoms with Crippen molar-refractivity contribution in [3.63, 3.8) is 0 Å². The molecule has 49 heavy (non-hydrogen) atoms. The van der Waals surface area contributed by atoms with Crippen molar-refractivity contribution in [2.75, 3.05) is 0 Å². The average Bonchev–Trinajstić information content (AvgIpc) is 3.56. The lowest BCUT2D eigenvalue weighted by atomic mass is 9.94. The zero-order valence-corrected chi connectivity index (χ0v) is 26.3. The smallest absolute Gasteiger partial charge is 0.164 e. The summed E-state index contributed by atoms with van der Waals surface area (Å²) in [5, 5.41) is 9.08. The van der Waals surface area contributed by atoms with E-state index in [4.69, 9.17) is 19.4 Å². The molecule has 0 aliphatic heterocycles. The summed E-state index contributed by atoms with van der Waals surface area (Å²) in [6.07, 6.45) is 0. The number of benzene rings is 8. The van der Waals surface area contributed by atoms with Gasteiger partial charge in [-0.1, -0.05) is 133 Å². The Morgan fingerprint density at radius 3 is 1.82 bits per heavy atom. The Morgan fingerprint density at radius 2 is 0.980 bits per heavy atom. The van der Waals surface area contributed by atoms with Crippen molar-refractivity contribution in [3.8, 4) is 45.3 Å². The molecule has 10 rings (SSSR count). The van der Waals surface area contributed by atoms with Crippen LogP contribution in [0, 0.1) is 0 Å². The van der Waals surface area contributed by atoms with Crippen LogP contribution in [0.4, 0.5) is 0 Å². The van der Waals surface area contributed by atoms with Crippen LogP contribution in [0.15, 0.2) is 168 Å². The minimum absolute atomic E-state index is 0.589. The predicted octanol–water partition coefficient (Wildman–Crippen LogP) is 11.9. The highest BCUT2D eigenvalue weighted by atomic mass is 16.3. The van der Waals surface area contributed by atoms with Gasteiger partial charge in [0.2, 0.25) is 0 Å². The molecule has 0 N–H and O–H groups in total. The van der Waals surface area contributed by atoms with Gasteiger partial charge in [-0.2, -0.15) is 0 Å². The molecule has 228 valence electrons. The van der Waals surface area contributed by atoms with Gasteiger partial charge in [-0.3, -0.25) is 0 Å². The Morgan fingerprint density at radius 1 is 0.347 bits per heavy atom. The zero-order valence-electron chi connectivity index (χ0n) is 26.3. The van der Waals surface area contributed by atoms with Gasteiger partial charge in [0.25, 0.3) is 0 Å². The largest absolute Gasteiger partial charge is 0.455 e. The van der Waals surface area contributed by atoms with E-state index in [0.29, 0.717) is 17.5 Å². The van der Waals surface area contributed by atoms with Crippen molar-refractivity contribution in [1.82, 2.24) is 15.0 Å². The van der Waals surface area contributed by atoms with E-state index in [1.165, 1.54) is 16.2 Å².